The quantitative estimate of drug-likeness (QED) is 0.382. The molecule has 0 bridgehead atoms. The second-order valence-electron chi connectivity index (χ2n) is 8.19. The molecule has 2 aliphatic rings. The Hall–Kier alpha value is -2.90. The van der Waals surface area contributed by atoms with Crippen molar-refractivity contribution in [2.45, 2.75) is 52.4 Å². The Balaban J connectivity index is 1.54. The van der Waals surface area contributed by atoms with Crippen LogP contribution >= 0.6 is 0 Å². The SMILES string of the molecule is CC1(CCCC(=O)NCCNC(=O)CCCC2(C)C(=O)C=CC2=O)C(=O)C=CC1=O. The Morgan fingerprint density at radius 1 is 0.667 bits per heavy atom. The van der Waals surface area contributed by atoms with Gasteiger partial charge in [-0.15, -0.1) is 0 Å². The third-order valence-electron chi connectivity index (χ3n) is 5.88. The van der Waals surface area contributed by atoms with Gasteiger partial charge in [0.1, 0.15) is 0 Å². The maximum absolute atomic E-state index is 11.9. The molecule has 0 heterocycles. The topological polar surface area (TPSA) is 126 Å². The molecule has 0 unspecified atom stereocenters. The van der Waals surface area contributed by atoms with Crippen LogP contribution in [0.2, 0.25) is 0 Å². The van der Waals surface area contributed by atoms with E-state index in [-0.39, 0.29) is 60.9 Å². The summed E-state index contributed by atoms with van der Waals surface area (Å²) in [5.41, 5.74) is -2.09. The van der Waals surface area contributed by atoms with Gasteiger partial charge in [0.2, 0.25) is 11.8 Å². The normalized spacial score (nSPS) is 18.9. The predicted octanol–water partition coefficient (Wildman–Crippen LogP) is 0.988. The van der Waals surface area contributed by atoms with Crippen LogP contribution in [-0.2, 0) is 28.8 Å². The summed E-state index contributed by atoms with van der Waals surface area (Å²) in [4.78, 5) is 70.8. The molecule has 2 amide bonds. The molecule has 2 aliphatic carbocycles. The molecule has 0 aliphatic heterocycles. The van der Waals surface area contributed by atoms with Crippen molar-refractivity contribution in [1.82, 2.24) is 10.6 Å². The summed E-state index contributed by atoms with van der Waals surface area (Å²) >= 11 is 0. The summed E-state index contributed by atoms with van der Waals surface area (Å²) in [6, 6.07) is 0. The van der Waals surface area contributed by atoms with Gasteiger partial charge in [-0.1, -0.05) is 0 Å². The fourth-order valence-corrected chi connectivity index (χ4v) is 3.56. The minimum atomic E-state index is -1.05. The summed E-state index contributed by atoms with van der Waals surface area (Å²) < 4.78 is 0. The zero-order valence-electron chi connectivity index (χ0n) is 17.4. The lowest BCUT2D eigenvalue weighted by molar-refractivity contribution is -0.134. The van der Waals surface area contributed by atoms with Crippen LogP contribution in [-0.4, -0.2) is 48.0 Å². The van der Waals surface area contributed by atoms with E-state index in [2.05, 4.69) is 10.6 Å². The number of hydrogen-bond acceptors (Lipinski definition) is 6. The van der Waals surface area contributed by atoms with Crippen LogP contribution in [0.3, 0.4) is 0 Å². The van der Waals surface area contributed by atoms with Crippen LogP contribution in [0.4, 0.5) is 0 Å². The van der Waals surface area contributed by atoms with Gasteiger partial charge < -0.3 is 10.6 Å². The number of carbonyl (C=O) groups is 6. The number of ketones is 4. The number of hydrogen-bond donors (Lipinski definition) is 2. The molecule has 2 rings (SSSR count). The van der Waals surface area contributed by atoms with E-state index in [4.69, 9.17) is 0 Å². The number of amides is 2. The lowest BCUT2D eigenvalue weighted by Gasteiger charge is -2.19. The monoisotopic (exact) mass is 416 g/mol. The molecule has 0 radical (unpaired) electrons. The van der Waals surface area contributed by atoms with Crippen LogP contribution in [0.25, 0.3) is 0 Å². The van der Waals surface area contributed by atoms with E-state index in [1.165, 1.54) is 24.3 Å². The van der Waals surface area contributed by atoms with Crippen molar-refractivity contribution in [2.24, 2.45) is 10.8 Å². The molecule has 8 nitrogen and oxygen atoms in total. The second-order valence-corrected chi connectivity index (χ2v) is 8.19. The summed E-state index contributed by atoms with van der Waals surface area (Å²) in [6.45, 7) is 3.72. The predicted molar refractivity (Wildman–Crippen MR) is 108 cm³/mol. The molecule has 2 N–H and O–H groups in total. The third kappa shape index (κ3) is 5.37. The van der Waals surface area contributed by atoms with Gasteiger partial charge in [-0.05, 0) is 63.8 Å². The minimum Gasteiger partial charge on any atom is -0.354 e. The maximum atomic E-state index is 11.9. The van der Waals surface area contributed by atoms with Gasteiger partial charge in [-0.25, -0.2) is 0 Å². The van der Waals surface area contributed by atoms with Crippen LogP contribution in [0.1, 0.15) is 52.4 Å². The first-order valence-electron chi connectivity index (χ1n) is 10.2. The summed E-state index contributed by atoms with van der Waals surface area (Å²) in [5.74, 6) is -1.30. The van der Waals surface area contributed by atoms with Crippen molar-refractivity contribution >= 4 is 34.9 Å². The molecule has 0 fully saturated rings. The first kappa shape index (κ1) is 23.4. The second kappa shape index (κ2) is 9.73. The highest BCUT2D eigenvalue weighted by molar-refractivity contribution is 6.22. The van der Waals surface area contributed by atoms with Gasteiger partial charge in [0.25, 0.3) is 0 Å². The van der Waals surface area contributed by atoms with Gasteiger partial charge in [-0.3, -0.25) is 28.8 Å². The smallest absolute Gasteiger partial charge is 0.220 e. The first-order chi connectivity index (χ1) is 14.1. The minimum absolute atomic E-state index is 0.193. The van der Waals surface area contributed by atoms with Gasteiger partial charge in [-0.2, -0.15) is 0 Å². The highest BCUT2D eigenvalue weighted by Gasteiger charge is 2.42. The standard InChI is InChI=1S/C22H28N2O6/c1-21(15(25)7-8-16(21)26)11-3-5-19(29)23-13-14-24-20(30)6-4-12-22(2)17(27)9-10-18(22)28/h7-10H,3-6,11-14H2,1-2H3,(H,23,29)(H,24,30). The molecule has 0 saturated carbocycles. The Kier molecular flexibility index (Phi) is 7.59. The molecule has 0 saturated heterocycles. The van der Waals surface area contributed by atoms with Crippen molar-refractivity contribution in [3.8, 4) is 0 Å². The Morgan fingerprint density at radius 2 is 0.967 bits per heavy atom. The average Bonchev–Trinajstić information content (AvgIpc) is 3.10. The van der Waals surface area contributed by atoms with E-state index >= 15 is 0 Å². The number of nitrogens with one attached hydrogen (secondary N) is 2. The largest absolute Gasteiger partial charge is 0.354 e. The van der Waals surface area contributed by atoms with E-state index in [1.54, 1.807) is 13.8 Å². The summed E-state index contributed by atoms with van der Waals surface area (Å²) in [6.07, 6.45) is 6.99. The van der Waals surface area contributed by atoms with Gasteiger partial charge in [0.15, 0.2) is 23.1 Å². The Morgan fingerprint density at radius 3 is 1.27 bits per heavy atom. The van der Waals surface area contributed by atoms with Crippen molar-refractivity contribution in [3.05, 3.63) is 24.3 Å². The lowest BCUT2D eigenvalue weighted by Crippen LogP contribution is -2.35. The van der Waals surface area contributed by atoms with E-state index in [0.29, 0.717) is 25.7 Å². The molecule has 30 heavy (non-hydrogen) atoms. The van der Waals surface area contributed by atoms with Gasteiger partial charge in [0, 0.05) is 25.9 Å². The fourth-order valence-electron chi connectivity index (χ4n) is 3.56. The highest BCUT2D eigenvalue weighted by Crippen LogP contribution is 2.32. The van der Waals surface area contributed by atoms with Gasteiger partial charge >= 0.3 is 0 Å². The maximum Gasteiger partial charge on any atom is 0.220 e. The fraction of sp³-hybridized carbons (Fsp3) is 0.545. The van der Waals surface area contributed by atoms with Crippen molar-refractivity contribution < 1.29 is 28.8 Å². The van der Waals surface area contributed by atoms with E-state index in [1.807, 2.05) is 0 Å². The number of carbonyl (C=O) groups excluding carboxylic acids is 6. The molecular weight excluding hydrogens is 388 g/mol. The Labute approximate surface area is 175 Å². The van der Waals surface area contributed by atoms with Crippen LogP contribution in [0.15, 0.2) is 24.3 Å². The summed E-state index contributed by atoms with van der Waals surface area (Å²) in [5, 5.41) is 5.36. The number of allylic oxidation sites excluding steroid dienone is 4. The molecule has 162 valence electrons. The Bertz CT molecular complexity index is 719. The molecule has 0 aromatic carbocycles. The van der Waals surface area contributed by atoms with Gasteiger partial charge in [0.05, 0.1) is 10.8 Å². The van der Waals surface area contributed by atoms with E-state index in [0.717, 1.165) is 0 Å². The van der Waals surface area contributed by atoms with E-state index < -0.39 is 10.8 Å². The van der Waals surface area contributed by atoms with Crippen molar-refractivity contribution in [2.75, 3.05) is 13.1 Å². The molecule has 0 aromatic rings. The summed E-state index contributed by atoms with van der Waals surface area (Å²) in [7, 11) is 0. The molecular formula is C22H28N2O6. The lowest BCUT2D eigenvalue weighted by atomic mass is 9.81. The molecule has 0 aromatic heterocycles. The van der Waals surface area contributed by atoms with Crippen LogP contribution in [0, 0.1) is 10.8 Å². The third-order valence-corrected chi connectivity index (χ3v) is 5.88. The first-order valence-corrected chi connectivity index (χ1v) is 10.2. The van der Waals surface area contributed by atoms with Crippen molar-refractivity contribution in [1.29, 1.82) is 0 Å². The van der Waals surface area contributed by atoms with Crippen molar-refractivity contribution in [3.63, 3.8) is 0 Å². The average molecular weight is 416 g/mol. The number of rotatable bonds is 11. The zero-order valence-corrected chi connectivity index (χ0v) is 17.4. The molecule has 8 heteroatoms. The zero-order chi connectivity index (χ0) is 22.4. The van der Waals surface area contributed by atoms with E-state index in [9.17, 15) is 28.8 Å². The molecule has 0 atom stereocenters. The highest BCUT2D eigenvalue weighted by atomic mass is 16.2. The van der Waals surface area contributed by atoms with Crippen LogP contribution in [0.5, 0.6) is 0 Å². The molecule has 0 spiro atoms. The van der Waals surface area contributed by atoms with Crippen LogP contribution < -0.4 is 10.6 Å².